The standard InChI is InChI=1S/C13H17ClN6O/c1-2-4-15-12-6-9(10(14)7-17-12)13(21)16-5-3-11-18-8-19-20-11/h6-8H,2-5H2,1H3,(H,15,17)(H,16,21)(H,18,19,20). The molecule has 0 aliphatic rings. The maximum Gasteiger partial charge on any atom is 0.253 e. The number of carbonyl (C=O) groups is 1. The van der Waals surface area contributed by atoms with Crippen LogP contribution in [0.15, 0.2) is 18.6 Å². The lowest BCUT2D eigenvalue weighted by atomic mass is 10.2. The van der Waals surface area contributed by atoms with Crippen molar-refractivity contribution in [3.63, 3.8) is 0 Å². The lowest BCUT2D eigenvalue weighted by Gasteiger charge is -2.09. The Labute approximate surface area is 127 Å². The number of H-pyrrole nitrogens is 1. The van der Waals surface area contributed by atoms with Crippen molar-refractivity contribution in [2.75, 3.05) is 18.4 Å². The highest BCUT2D eigenvalue weighted by Crippen LogP contribution is 2.17. The number of aromatic amines is 1. The van der Waals surface area contributed by atoms with Gasteiger partial charge in [-0.2, -0.15) is 5.10 Å². The normalized spacial score (nSPS) is 10.4. The van der Waals surface area contributed by atoms with Gasteiger partial charge in [0.15, 0.2) is 0 Å². The molecule has 0 fully saturated rings. The smallest absolute Gasteiger partial charge is 0.253 e. The maximum absolute atomic E-state index is 12.1. The summed E-state index contributed by atoms with van der Waals surface area (Å²) < 4.78 is 0. The summed E-state index contributed by atoms with van der Waals surface area (Å²) >= 11 is 6.02. The molecule has 2 rings (SSSR count). The molecule has 2 heterocycles. The van der Waals surface area contributed by atoms with Gasteiger partial charge < -0.3 is 10.6 Å². The Kier molecular flexibility index (Phi) is 5.51. The van der Waals surface area contributed by atoms with Crippen molar-refractivity contribution in [3.8, 4) is 0 Å². The number of nitrogens with zero attached hydrogens (tertiary/aromatic N) is 3. The molecule has 7 nitrogen and oxygen atoms in total. The van der Waals surface area contributed by atoms with E-state index in [0.29, 0.717) is 29.4 Å². The van der Waals surface area contributed by atoms with Crippen molar-refractivity contribution in [2.45, 2.75) is 19.8 Å². The van der Waals surface area contributed by atoms with E-state index >= 15 is 0 Å². The number of pyridine rings is 1. The van der Waals surface area contributed by atoms with Gasteiger partial charge in [-0.3, -0.25) is 9.89 Å². The molecule has 2 aromatic rings. The Hall–Kier alpha value is -2.15. The van der Waals surface area contributed by atoms with Crippen LogP contribution in [-0.2, 0) is 6.42 Å². The highest BCUT2D eigenvalue weighted by molar-refractivity contribution is 6.33. The molecule has 0 bridgehead atoms. The zero-order valence-electron chi connectivity index (χ0n) is 11.7. The van der Waals surface area contributed by atoms with Crippen molar-refractivity contribution in [1.29, 1.82) is 0 Å². The fourth-order valence-electron chi connectivity index (χ4n) is 1.70. The molecule has 0 radical (unpaired) electrons. The second-order valence-corrected chi connectivity index (χ2v) is 4.82. The first-order valence-corrected chi connectivity index (χ1v) is 7.10. The molecule has 0 spiro atoms. The third-order valence-electron chi connectivity index (χ3n) is 2.77. The quantitative estimate of drug-likeness (QED) is 0.723. The van der Waals surface area contributed by atoms with Crippen LogP contribution in [-0.4, -0.2) is 39.2 Å². The minimum absolute atomic E-state index is 0.235. The molecule has 0 aromatic carbocycles. The molecule has 21 heavy (non-hydrogen) atoms. The van der Waals surface area contributed by atoms with E-state index in [-0.39, 0.29) is 5.91 Å². The number of hydrogen-bond donors (Lipinski definition) is 3. The average Bonchev–Trinajstić information content (AvgIpc) is 2.99. The number of hydrogen-bond acceptors (Lipinski definition) is 5. The zero-order chi connectivity index (χ0) is 15.1. The lowest BCUT2D eigenvalue weighted by Crippen LogP contribution is -2.26. The second-order valence-electron chi connectivity index (χ2n) is 4.41. The van der Waals surface area contributed by atoms with Gasteiger partial charge in [-0.05, 0) is 12.5 Å². The Morgan fingerprint density at radius 1 is 1.38 bits per heavy atom. The molecule has 0 saturated carbocycles. The molecule has 112 valence electrons. The Morgan fingerprint density at radius 2 is 2.24 bits per heavy atom. The Bertz CT molecular complexity index is 586. The first kappa shape index (κ1) is 15.2. The largest absolute Gasteiger partial charge is 0.370 e. The van der Waals surface area contributed by atoms with Gasteiger partial charge in [-0.15, -0.1) is 0 Å². The van der Waals surface area contributed by atoms with Crippen molar-refractivity contribution < 1.29 is 4.79 Å². The van der Waals surface area contributed by atoms with Crippen LogP contribution in [0.1, 0.15) is 29.5 Å². The third-order valence-corrected chi connectivity index (χ3v) is 3.07. The van der Waals surface area contributed by atoms with E-state index in [0.717, 1.165) is 18.8 Å². The van der Waals surface area contributed by atoms with Crippen molar-refractivity contribution >= 4 is 23.3 Å². The van der Waals surface area contributed by atoms with Crippen LogP contribution in [0.2, 0.25) is 5.02 Å². The van der Waals surface area contributed by atoms with E-state index < -0.39 is 0 Å². The van der Waals surface area contributed by atoms with Gasteiger partial charge in [-0.1, -0.05) is 18.5 Å². The van der Waals surface area contributed by atoms with Crippen LogP contribution in [0.4, 0.5) is 5.82 Å². The van der Waals surface area contributed by atoms with Crippen LogP contribution >= 0.6 is 11.6 Å². The minimum Gasteiger partial charge on any atom is -0.370 e. The predicted octanol–water partition coefficient (Wildman–Crippen LogP) is 1.65. The van der Waals surface area contributed by atoms with Crippen LogP contribution in [0.25, 0.3) is 0 Å². The van der Waals surface area contributed by atoms with Crippen molar-refractivity contribution in [1.82, 2.24) is 25.5 Å². The zero-order valence-corrected chi connectivity index (χ0v) is 12.4. The Morgan fingerprint density at radius 3 is 2.95 bits per heavy atom. The van der Waals surface area contributed by atoms with E-state index in [9.17, 15) is 4.79 Å². The van der Waals surface area contributed by atoms with Crippen LogP contribution in [0.3, 0.4) is 0 Å². The van der Waals surface area contributed by atoms with Crippen molar-refractivity contribution in [2.24, 2.45) is 0 Å². The van der Waals surface area contributed by atoms with Gasteiger partial charge in [0.2, 0.25) is 0 Å². The van der Waals surface area contributed by atoms with Gasteiger partial charge in [0, 0.05) is 25.7 Å². The molecule has 0 saturated heterocycles. The number of nitrogens with one attached hydrogen (secondary N) is 3. The Balaban J connectivity index is 1.94. The average molecular weight is 309 g/mol. The summed E-state index contributed by atoms with van der Waals surface area (Å²) in [6.45, 7) is 3.30. The lowest BCUT2D eigenvalue weighted by molar-refractivity contribution is 0.0954. The maximum atomic E-state index is 12.1. The molecule has 0 aliphatic carbocycles. The van der Waals surface area contributed by atoms with Gasteiger partial charge in [0.25, 0.3) is 5.91 Å². The van der Waals surface area contributed by atoms with E-state index in [2.05, 4.69) is 37.7 Å². The van der Waals surface area contributed by atoms with Crippen molar-refractivity contribution in [3.05, 3.63) is 35.0 Å². The monoisotopic (exact) mass is 308 g/mol. The number of rotatable bonds is 7. The summed E-state index contributed by atoms with van der Waals surface area (Å²) in [7, 11) is 0. The van der Waals surface area contributed by atoms with E-state index in [1.165, 1.54) is 12.5 Å². The molecule has 3 N–H and O–H groups in total. The summed E-state index contributed by atoms with van der Waals surface area (Å²) in [6.07, 6.45) is 4.46. The van der Waals surface area contributed by atoms with Crippen LogP contribution in [0, 0.1) is 0 Å². The van der Waals surface area contributed by atoms with Gasteiger partial charge >= 0.3 is 0 Å². The molecule has 2 aromatic heterocycles. The SMILES string of the molecule is CCCNc1cc(C(=O)NCCc2ncn[nH]2)c(Cl)cn1. The van der Waals surface area contributed by atoms with Gasteiger partial charge in [0.05, 0.1) is 10.6 Å². The number of carbonyl (C=O) groups excluding carboxylic acids is 1. The molecule has 0 unspecified atom stereocenters. The first-order chi connectivity index (χ1) is 10.2. The first-order valence-electron chi connectivity index (χ1n) is 6.72. The fourth-order valence-corrected chi connectivity index (χ4v) is 1.89. The molecule has 1 amide bonds. The number of anilines is 1. The van der Waals surface area contributed by atoms with E-state index in [1.807, 2.05) is 0 Å². The fraction of sp³-hybridized carbons (Fsp3) is 0.385. The topological polar surface area (TPSA) is 95.6 Å². The highest BCUT2D eigenvalue weighted by atomic mass is 35.5. The number of amides is 1. The summed E-state index contributed by atoms with van der Waals surface area (Å²) in [5.41, 5.74) is 0.405. The second kappa shape index (κ2) is 7.58. The molecular weight excluding hydrogens is 292 g/mol. The van der Waals surface area contributed by atoms with Crippen LogP contribution in [0.5, 0.6) is 0 Å². The van der Waals surface area contributed by atoms with Crippen LogP contribution < -0.4 is 10.6 Å². The molecule has 0 aliphatic heterocycles. The third kappa shape index (κ3) is 4.42. The molecule has 8 heteroatoms. The molecule has 0 atom stereocenters. The highest BCUT2D eigenvalue weighted by Gasteiger charge is 2.12. The summed E-state index contributed by atoms with van der Waals surface area (Å²) in [6, 6.07) is 1.65. The molecular formula is C13H17ClN6O. The van der Waals surface area contributed by atoms with Gasteiger partial charge in [-0.25, -0.2) is 9.97 Å². The number of halogens is 1. The predicted molar refractivity (Wildman–Crippen MR) is 80.4 cm³/mol. The van der Waals surface area contributed by atoms with E-state index in [4.69, 9.17) is 11.6 Å². The number of aromatic nitrogens is 4. The summed E-state index contributed by atoms with van der Waals surface area (Å²) in [5.74, 6) is 1.13. The van der Waals surface area contributed by atoms with E-state index in [1.54, 1.807) is 6.07 Å². The summed E-state index contributed by atoms with van der Waals surface area (Å²) in [5, 5.41) is 12.7. The van der Waals surface area contributed by atoms with Gasteiger partial charge in [0.1, 0.15) is 18.0 Å². The summed E-state index contributed by atoms with van der Waals surface area (Å²) in [4.78, 5) is 20.2. The minimum atomic E-state index is -0.235.